The molecule has 3 aromatic rings. The highest BCUT2D eigenvalue weighted by molar-refractivity contribution is 5.76. The van der Waals surface area contributed by atoms with Crippen LogP contribution in [0.4, 0.5) is 0 Å². The second kappa shape index (κ2) is 10.4. The zero-order valence-corrected chi connectivity index (χ0v) is 20.3. The highest BCUT2D eigenvalue weighted by Crippen LogP contribution is 2.27. The molecular formula is C29H32N4O2. The molecule has 35 heavy (non-hydrogen) atoms. The van der Waals surface area contributed by atoms with Gasteiger partial charge in [-0.1, -0.05) is 72.3 Å². The first-order chi connectivity index (χ1) is 17.1. The van der Waals surface area contributed by atoms with Crippen LogP contribution in [0, 0.1) is 6.92 Å². The summed E-state index contributed by atoms with van der Waals surface area (Å²) in [7, 11) is 0. The maximum absolute atomic E-state index is 13.2. The molecule has 2 aliphatic rings. The number of aromatic nitrogens is 2. The van der Waals surface area contributed by atoms with Crippen LogP contribution in [-0.4, -0.2) is 51.7 Å². The molecule has 1 aliphatic carbocycles. The lowest BCUT2D eigenvalue weighted by atomic mass is 9.94. The van der Waals surface area contributed by atoms with Crippen LogP contribution in [-0.2, 0) is 24.3 Å². The average molecular weight is 469 g/mol. The van der Waals surface area contributed by atoms with E-state index in [2.05, 4.69) is 66.4 Å². The van der Waals surface area contributed by atoms with Crippen molar-refractivity contribution >= 4 is 12.0 Å². The number of carbonyl (C=O) groups excluding carboxylic acids is 1. The Kier molecular flexibility index (Phi) is 6.91. The zero-order chi connectivity index (χ0) is 24.2. The topological polar surface area (TPSA) is 58.4 Å². The molecule has 0 N–H and O–H groups in total. The number of aryl methyl sites for hydroxylation is 2. The Labute approximate surface area is 206 Å². The van der Waals surface area contributed by atoms with Gasteiger partial charge in [-0.2, -0.15) is 5.10 Å². The van der Waals surface area contributed by atoms with Crippen molar-refractivity contribution in [2.24, 2.45) is 0 Å². The molecule has 0 spiro atoms. The minimum absolute atomic E-state index is 0.0688. The molecule has 0 bridgehead atoms. The third kappa shape index (κ3) is 5.28. The Morgan fingerprint density at radius 1 is 0.971 bits per heavy atom. The maximum atomic E-state index is 13.2. The molecule has 6 nitrogen and oxygen atoms in total. The molecule has 0 atom stereocenters. The molecule has 1 fully saturated rings. The van der Waals surface area contributed by atoms with Gasteiger partial charge >= 0.3 is 0 Å². The van der Waals surface area contributed by atoms with E-state index < -0.39 is 0 Å². The van der Waals surface area contributed by atoms with E-state index in [9.17, 15) is 9.59 Å². The highest BCUT2D eigenvalue weighted by Gasteiger charge is 2.23. The van der Waals surface area contributed by atoms with Crippen molar-refractivity contribution in [2.75, 3.05) is 26.2 Å². The van der Waals surface area contributed by atoms with Gasteiger partial charge in [0.2, 0.25) is 5.91 Å². The first kappa shape index (κ1) is 23.2. The first-order valence-corrected chi connectivity index (χ1v) is 12.5. The van der Waals surface area contributed by atoms with Gasteiger partial charge in [-0.05, 0) is 25.3 Å². The summed E-state index contributed by atoms with van der Waals surface area (Å²) in [4.78, 5) is 30.5. The van der Waals surface area contributed by atoms with Crippen LogP contribution in [0.15, 0.2) is 65.5 Å². The summed E-state index contributed by atoms with van der Waals surface area (Å²) in [5.41, 5.74) is 5.94. The number of hydrogen-bond donors (Lipinski definition) is 0. The van der Waals surface area contributed by atoms with Crippen LogP contribution in [0.25, 0.3) is 17.3 Å². The van der Waals surface area contributed by atoms with Gasteiger partial charge in [-0.3, -0.25) is 14.5 Å². The van der Waals surface area contributed by atoms with E-state index in [4.69, 9.17) is 5.10 Å². The smallest absolute Gasteiger partial charge is 0.270 e. The molecule has 180 valence electrons. The van der Waals surface area contributed by atoms with Gasteiger partial charge in [-0.15, -0.1) is 0 Å². The Hall–Kier alpha value is -3.51. The number of piperazine rings is 1. The minimum atomic E-state index is -0.0688. The first-order valence-electron chi connectivity index (χ1n) is 12.5. The summed E-state index contributed by atoms with van der Waals surface area (Å²) < 4.78 is 1.51. The molecule has 1 saturated heterocycles. The third-order valence-corrected chi connectivity index (χ3v) is 6.98. The van der Waals surface area contributed by atoms with Crippen molar-refractivity contribution in [3.63, 3.8) is 0 Å². The van der Waals surface area contributed by atoms with E-state index in [1.54, 1.807) is 0 Å². The molecule has 1 amide bonds. The second-order valence-corrected chi connectivity index (χ2v) is 9.47. The lowest BCUT2D eigenvalue weighted by Gasteiger charge is -2.34. The Morgan fingerprint density at radius 3 is 2.46 bits per heavy atom. The van der Waals surface area contributed by atoms with Crippen molar-refractivity contribution < 1.29 is 4.79 Å². The van der Waals surface area contributed by atoms with Crippen LogP contribution < -0.4 is 5.56 Å². The molecule has 5 rings (SSSR count). The molecule has 6 heteroatoms. The van der Waals surface area contributed by atoms with Gasteiger partial charge in [-0.25, -0.2) is 4.68 Å². The number of nitrogens with zero attached hydrogens (tertiary/aromatic N) is 4. The molecule has 1 aliphatic heterocycles. The van der Waals surface area contributed by atoms with E-state index >= 15 is 0 Å². The van der Waals surface area contributed by atoms with Crippen molar-refractivity contribution in [2.45, 2.75) is 39.3 Å². The number of carbonyl (C=O) groups is 1. The van der Waals surface area contributed by atoms with Crippen molar-refractivity contribution in [1.29, 1.82) is 0 Å². The number of rotatable bonds is 6. The third-order valence-electron chi connectivity index (χ3n) is 6.98. The van der Waals surface area contributed by atoms with Gasteiger partial charge in [0.05, 0.1) is 12.2 Å². The van der Waals surface area contributed by atoms with E-state index in [1.807, 2.05) is 17.0 Å². The number of benzene rings is 2. The van der Waals surface area contributed by atoms with Gasteiger partial charge in [0, 0.05) is 55.8 Å². The Balaban J connectivity index is 1.26. The fraction of sp³-hybridized carbons (Fsp3) is 0.345. The monoisotopic (exact) mass is 468 g/mol. The van der Waals surface area contributed by atoms with E-state index in [0.717, 1.165) is 61.5 Å². The Morgan fingerprint density at radius 2 is 1.71 bits per heavy atom. The van der Waals surface area contributed by atoms with Gasteiger partial charge < -0.3 is 4.90 Å². The fourth-order valence-electron chi connectivity index (χ4n) is 4.92. The van der Waals surface area contributed by atoms with Gasteiger partial charge in [0.1, 0.15) is 0 Å². The van der Waals surface area contributed by atoms with E-state index in [1.165, 1.54) is 15.8 Å². The van der Waals surface area contributed by atoms with Crippen molar-refractivity contribution in [1.82, 2.24) is 19.6 Å². The van der Waals surface area contributed by atoms with Crippen LogP contribution >= 0.6 is 0 Å². The lowest BCUT2D eigenvalue weighted by Crippen LogP contribution is -2.48. The van der Waals surface area contributed by atoms with E-state index in [-0.39, 0.29) is 17.9 Å². The average Bonchev–Trinajstić information content (AvgIpc) is 2.90. The molecule has 2 heterocycles. The summed E-state index contributed by atoms with van der Waals surface area (Å²) in [6, 6.07) is 18.7. The summed E-state index contributed by atoms with van der Waals surface area (Å²) in [5.74, 6) is 0.0903. The van der Waals surface area contributed by atoms with Gasteiger partial charge in [0.15, 0.2) is 0 Å². The maximum Gasteiger partial charge on any atom is 0.270 e. The summed E-state index contributed by atoms with van der Waals surface area (Å²) >= 11 is 0. The second-order valence-electron chi connectivity index (χ2n) is 9.47. The minimum Gasteiger partial charge on any atom is -0.340 e. The summed E-state index contributed by atoms with van der Waals surface area (Å²) in [5, 5.41) is 4.74. The quantitative estimate of drug-likeness (QED) is 0.550. The molecule has 0 unspecified atom stereocenters. The van der Waals surface area contributed by atoms with Crippen LogP contribution in [0.5, 0.6) is 0 Å². The molecule has 1 aromatic heterocycles. The normalized spacial score (nSPS) is 15.7. The van der Waals surface area contributed by atoms with Crippen molar-refractivity contribution in [3.8, 4) is 11.3 Å². The lowest BCUT2D eigenvalue weighted by molar-refractivity contribution is -0.133. The fourth-order valence-corrected chi connectivity index (χ4v) is 4.92. The van der Waals surface area contributed by atoms with Crippen molar-refractivity contribution in [3.05, 3.63) is 93.3 Å². The molecule has 0 radical (unpaired) electrons. The Bertz CT molecular complexity index is 1270. The number of hydrogen-bond acceptors (Lipinski definition) is 4. The number of amides is 1. The van der Waals surface area contributed by atoms with Crippen LogP contribution in [0.1, 0.15) is 35.1 Å². The summed E-state index contributed by atoms with van der Waals surface area (Å²) in [6.45, 7) is 6.43. The van der Waals surface area contributed by atoms with Crippen LogP contribution in [0.2, 0.25) is 0 Å². The number of fused-ring (bicyclic) bond motifs is 1. The van der Waals surface area contributed by atoms with Gasteiger partial charge in [0.25, 0.3) is 5.56 Å². The highest BCUT2D eigenvalue weighted by atomic mass is 16.2. The zero-order valence-electron chi connectivity index (χ0n) is 20.3. The predicted molar refractivity (Wildman–Crippen MR) is 139 cm³/mol. The predicted octanol–water partition coefficient (Wildman–Crippen LogP) is 3.91. The molecular weight excluding hydrogens is 436 g/mol. The largest absolute Gasteiger partial charge is 0.340 e. The van der Waals surface area contributed by atoms with E-state index in [0.29, 0.717) is 13.0 Å². The standard InChI is InChI=1S/C29H32N4O2/c1-22-11-13-24(14-12-22)28-25-9-5-6-10-26(25)29(35)33(30-28)16-15-27(34)32-19-17-31(18-20-32)21-23-7-3-2-4-8-23/h2-5,7-9,11-14H,6,10,15-21H2,1H3. The SMILES string of the molecule is Cc1ccc(-c2nn(CCC(=O)N3CCN(Cc4ccccc4)CC3)c(=O)c3c2C=CCC3)cc1. The molecule has 2 aromatic carbocycles. The summed E-state index contributed by atoms with van der Waals surface area (Å²) in [6.07, 6.45) is 5.97. The number of allylic oxidation sites excluding steroid dienone is 1. The van der Waals surface area contributed by atoms with Crippen LogP contribution in [0.3, 0.4) is 0 Å². The molecule has 0 saturated carbocycles.